The number of guanidine groups is 1. The number of pyridine rings is 1. The average Bonchev–Trinajstić information content (AvgIpc) is 2.56. The van der Waals surface area contributed by atoms with Crippen LogP contribution in [0.4, 0.5) is 0 Å². The Morgan fingerprint density at radius 3 is 2.64 bits per heavy atom. The molecule has 0 aliphatic heterocycles. The number of nitrogens with zero attached hydrogens (tertiary/aromatic N) is 2. The molecule has 0 atom stereocenters. The molecular weight excluding hydrogens is 272 g/mol. The van der Waals surface area contributed by atoms with Crippen LogP contribution < -0.4 is 10.6 Å². The van der Waals surface area contributed by atoms with Gasteiger partial charge in [0, 0.05) is 31.5 Å². The number of rotatable bonds is 5. The summed E-state index contributed by atoms with van der Waals surface area (Å²) in [5, 5.41) is 6.99. The Morgan fingerprint density at radius 1 is 1.27 bits per heavy atom. The highest BCUT2D eigenvalue weighted by Crippen LogP contribution is 2.26. The third-order valence-corrected chi connectivity index (χ3v) is 4.67. The van der Waals surface area contributed by atoms with Crippen LogP contribution in [-0.4, -0.2) is 30.6 Å². The minimum absolute atomic E-state index is 0.579. The van der Waals surface area contributed by atoms with Gasteiger partial charge >= 0.3 is 0 Å². The molecule has 2 N–H and O–H groups in total. The van der Waals surface area contributed by atoms with E-state index in [1.165, 1.54) is 37.7 Å². The molecule has 0 spiro atoms. The van der Waals surface area contributed by atoms with E-state index in [-0.39, 0.29) is 0 Å². The second-order valence-corrected chi connectivity index (χ2v) is 6.33. The van der Waals surface area contributed by atoms with E-state index in [0.717, 1.165) is 30.5 Å². The average molecular weight is 302 g/mol. The quantitative estimate of drug-likeness (QED) is 0.649. The fourth-order valence-corrected chi connectivity index (χ4v) is 3.07. The van der Waals surface area contributed by atoms with Crippen molar-refractivity contribution in [3.63, 3.8) is 0 Å². The molecular formula is C18H30N4. The van der Waals surface area contributed by atoms with Gasteiger partial charge in [-0.05, 0) is 56.6 Å². The molecule has 0 radical (unpaired) electrons. The molecule has 0 unspecified atom stereocenters. The van der Waals surface area contributed by atoms with E-state index in [4.69, 9.17) is 0 Å². The summed E-state index contributed by atoms with van der Waals surface area (Å²) >= 11 is 0. The maximum Gasteiger partial charge on any atom is 0.191 e. The number of hydrogen-bond donors (Lipinski definition) is 2. The minimum Gasteiger partial charge on any atom is -0.356 e. The summed E-state index contributed by atoms with van der Waals surface area (Å²) < 4.78 is 0. The van der Waals surface area contributed by atoms with Crippen molar-refractivity contribution >= 4 is 5.96 Å². The number of hydrogen-bond acceptors (Lipinski definition) is 2. The summed E-state index contributed by atoms with van der Waals surface area (Å²) in [5.74, 6) is 1.86. The lowest BCUT2D eigenvalue weighted by Crippen LogP contribution is -2.45. The Balaban J connectivity index is 1.70. The Bertz CT molecular complexity index is 458. The van der Waals surface area contributed by atoms with Crippen LogP contribution in [0.25, 0.3) is 0 Å². The van der Waals surface area contributed by atoms with Crippen molar-refractivity contribution in [3.05, 3.63) is 29.6 Å². The second kappa shape index (κ2) is 8.76. The molecule has 0 aromatic carbocycles. The zero-order chi connectivity index (χ0) is 15.8. The van der Waals surface area contributed by atoms with E-state index in [0.29, 0.717) is 6.04 Å². The van der Waals surface area contributed by atoms with E-state index in [1.807, 2.05) is 20.2 Å². The van der Waals surface area contributed by atoms with Crippen LogP contribution >= 0.6 is 0 Å². The number of aryl methyl sites for hydroxylation is 1. The van der Waals surface area contributed by atoms with Gasteiger partial charge in [-0.15, -0.1) is 0 Å². The molecule has 0 amide bonds. The van der Waals surface area contributed by atoms with E-state index >= 15 is 0 Å². The number of aromatic nitrogens is 1. The van der Waals surface area contributed by atoms with Crippen LogP contribution in [0.1, 0.15) is 50.3 Å². The van der Waals surface area contributed by atoms with Gasteiger partial charge < -0.3 is 10.6 Å². The van der Waals surface area contributed by atoms with Crippen molar-refractivity contribution in [1.29, 1.82) is 0 Å². The zero-order valence-electron chi connectivity index (χ0n) is 14.2. The van der Waals surface area contributed by atoms with Gasteiger partial charge in [0.05, 0.1) is 0 Å². The molecule has 1 aromatic rings. The molecule has 1 aliphatic carbocycles. The van der Waals surface area contributed by atoms with Gasteiger partial charge in [-0.2, -0.15) is 0 Å². The lowest BCUT2D eigenvalue weighted by atomic mass is 9.84. The predicted molar refractivity (Wildman–Crippen MR) is 93.2 cm³/mol. The van der Waals surface area contributed by atoms with E-state index < -0.39 is 0 Å². The third kappa shape index (κ3) is 5.32. The van der Waals surface area contributed by atoms with Crippen molar-refractivity contribution in [2.24, 2.45) is 10.9 Å². The van der Waals surface area contributed by atoms with Gasteiger partial charge in [0.2, 0.25) is 0 Å². The van der Waals surface area contributed by atoms with Crippen LogP contribution in [0.2, 0.25) is 0 Å². The van der Waals surface area contributed by atoms with E-state index in [9.17, 15) is 0 Å². The minimum atomic E-state index is 0.579. The first-order chi connectivity index (χ1) is 10.7. The first kappa shape index (κ1) is 16.8. The molecule has 122 valence electrons. The molecule has 1 fully saturated rings. The van der Waals surface area contributed by atoms with Crippen molar-refractivity contribution in [2.75, 3.05) is 13.6 Å². The van der Waals surface area contributed by atoms with E-state index in [1.54, 1.807) is 0 Å². The normalized spacial score (nSPS) is 22.4. The molecule has 4 nitrogen and oxygen atoms in total. The smallest absolute Gasteiger partial charge is 0.191 e. The molecule has 0 saturated heterocycles. The molecule has 2 rings (SSSR count). The van der Waals surface area contributed by atoms with E-state index in [2.05, 4.69) is 39.7 Å². The van der Waals surface area contributed by atoms with Gasteiger partial charge in [-0.25, -0.2) is 0 Å². The van der Waals surface area contributed by atoms with Gasteiger partial charge in [0.15, 0.2) is 5.96 Å². The molecule has 1 saturated carbocycles. The summed E-state index contributed by atoms with van der Waals surface area (Å²) in [6, 6.07) is 4.79. The van der Waals surface area contributed by atoms with Crippen LogP contribution in [0, 0.1) is 12.8 Å². The summed E-state index contributed by atoms with van der Waals surface area (Å²) in [6.07, 6.45) is 9.47. The van der Waals surface area contributed by atoms with Gasteiger partial charge in [0.25, 0.3) is 0 Å². The Kier molecular flexibility index (Phi) is 6.69. The third-order valence-electron chi connectivity index (χ3n) is 4.67. The monoisotopic (exact) mass is 302 g/mol. The molecule has 22 heavy (non-hydrogen) atoms. The van der Waals surface area contributed by atoms with Gasteiger partial charge in [0.1, 0.15) is 0 Å². The lowest BCUT2D eigenvalue weighted by Gasteiger charge is -2.29. The summed E-state index contributed by atoms with van der Waals surface area (Å²) in [5.41, 5.74) is 2.33. The van der Waals surface area contributed by atoms with Gasteiger partial charge in [-0.3, -0.25) is 9.98 Å². The largest absolute Gasteiger partial charge is 0.356 e. The molecule has 0 bridgehead atoms. The second-order valence-electron chi connectivity index (χ2n) is 6.33. The Morgan fingerprint density at radius 2 is 2.05 bits per heavy atom. The first-order valence-electron chi connectivity index (χ1n) is 8.60. The number of nitrogens with one attached hydrogen (secondary N) is 2. The summed E-state index contributed by atoms with van der Waals surface area (Å²) in [6.45, 7) is 5.20. The standard InChI is InChI=1S/C18H30N4/c1-4-15-7-9-17(10-8-15)22-18(19-3)20-12-11-16-6-5-14(2)21-13-16/h5-6,13,15,17H,4,7-12H2,1-3H3,(H2,19,20,22). The summed E-state index contributed by atoms with van der Waals surface area (Å²) in [4.78, 5) is 8.68. The molecule has 1 heterocycles. The number of aliphatic imine (C=N–C) groups is 1. The topological polar surface area (TPSA) is 49.3 Å². The fraction of sp³-hybridized carbons (Fsp3) is 0.667. The summed E-state index contributed by atoms with van der Waals surface area (Å²) in [7, 11) is 1.85. The fourth-order valence-electron chi connectivity index (χ4n) is 3.07. The van der Waals surface area contributed by atoms with Crippen LogP contribution in [-0.2, 0) is 6.42 Å². The maximum atomic E-state index is 4.35. The van der Waals surface area contributed by atoms with Gasteiger partial charge in [-0.1, -0.05) is 19.4 Å². The molecule has 1 aliphatic rings. The van der Waals surface area contributed by atoms with Crippen molar-refractivity contribution in [2.45, 2.75) is 58.4 Å². The van der Waals surface area contributed by atoms with Crippen LogP contribution in [0.15, 0.2) is 23.3 Å². The maximum absolute atomic E-state index is 4.35. The highest BCUT2D eigenvalue weighted by atomic mass is 15.2. The SMILES string of the molecule is CCC1CCC(NC(=NC)NCCc2ccc(C)nc2)CC1. The molecule has 4 heteroatoms. The lowest BCUT2D eigenvalue weighted by molar-refractivity contribution is 0.304. The Hall–Kier alpha value is -1.58. The zero-order valence-corrected chi connectivity index (χ0v) is 14.2. The van der Waals surface area contributed by atoms with Crippen LogP contribution in [0.5, 0.6) is 0 Å². The molecule has 1 aromatic heterocycles. The van der Waals surface area contributed by atoms with Crippen molar-refractivity contribution in [1.82, 2.24) is 15.6 Å². The highest BCUT2D eigenvalue weighted by Gasteiger charge is 2.20. The predicted octanol–water partition coefficient (Wildman–Crippen LogP) is 3.07. The highest BCUT2D eigenvalue weighted by molar-refractivity contribution is 5.79. The van der Waals surface area contributed by atoms with Crippen molar-refractivity contribution in [3.8, 4) is 0 Å². The Labute approximate surface area is 134 Å². The van der Waals surface area contributed by atoms with Crippen molar-refractivity contribution < 1.29 is 0 Å². The first-order valence-corrected chi connectivity index (χ1v) is 8.60. The van der Waals surface area contributed by atoms with Crippen LogP contribution in [0.3, 0.4) is 0 Å².